The summed E-state index contributed by atoms with van der Waals surface area (Å²) in [5.74, 6) is 0.184. The summed E-state index contributed by atoms with van der Waals surface area (Å²) in [5, 5.41) is 3.04. The number of rotatable bonds is 14. The van der Waals surface area contributed by atoms with E-state index in [-0.39, 0.29) is 39.7 Å². The highest BCUT2D eigenvalue weighted by Crippen LogP contribution is 2.37. The van der Waals surface area contributed by atoms with Crippen LogP contribution in [0.15, 0.2) is 65.6 Å². The Kier molecular flexibility index (Phi) is 11.7. The van der Waals surface area contributed by atoms with Crippen molar-refractivity contribution in [3.8, 4) is 23.0 Å². The number of carbonyl (C=O) groups excluding carboxylic acids is 2. The van der Waals surface area contributed by atoms with E-state index in [1.165, 1.54) is 63.7 Å². The summed E-state index contributed by atoms with van der Waals surface area (Å²) in [6.07, 6.45) is 0. The van der Waals surface area contributed by atoms with Gasteiger partial charge in [0, 0.05) is 23.7 Å². The SMILES string of the molecule is COc1cccc(CN(C(=O)CN(c2cc(Cl)ccc2OC)S(=O)(=O)c2ccc(OC)c(OC)c2)[C@H](C)C(=O)NC(C)C)c1. The van der Waals surface area contributed by atoms with Crippen LogP contribution >= 0.6 is 11.6 Å². The molecule has 0 spiro atoms. The first-order chi connectivity index (χ1) is 20.9. The minimum absolute atomic E-state index is 0.000355. The molecule has 11 nitrogen and oxygen atoms in total. The Morgan fingerprint density at radius 1 is 0.841 bits per heavy atom. The Hall–Kier alpha value is -4.16. The van der Waals surface area contributed by atoms with Crippen LogP contribution in [0.3, 0.4) is 0 Å². The molecule has 0 aliphatic heterocycles. The number of anilines is 1. The molecular weight excluding hydrogens is 610 g/mol. The third kappa shape index (κ3) is 8.06. The largest absolute Gasteiger partial charge is 0.497 e. The van der Waals surface area contributed by atoms with Gasteiger partial charge in [-0.3, -0.25) is 13.9 Å². The van der Waals surface area contributed by atoms with Crippen LogP contribution in [0.2, 0.25) is 5.02 Å². The van der Waals surface area contributed by atoms with Crippen molar-refractivity contribution in [2.45, 2.75) is 44.3 Å². The van der Waals surface area contributed by atoms with Crippen molar-refractivity contribution in [3.63, 3.8) is 0 Å². The van der Waals surface area contributed by atoms with E-state index in [9.17, 15) is 18.0 Å². The number of benzene rings is 3. The van der Waals surface area contributed by atoms with Gasteiger partial charge in [0.15, 0.2) is 11.5 Å². The van der Waals surface area contributed by atoms with Crippen molar-refractivity contribution in [3.05, 3.63) is 71.2 Å². The Morgan fingerprint density at radius 3 is 2.11 bits per heavy atom. The fourth-order valence-electron chi connectivity index (χ4n) is 4.43. The molecular formula is C31H38ClN3O8S. The summed E-state index contributed by atoms with van der Waals surface area (Å²) in [6, 6.07) is 14.5. The third-order valence-electron chi connectivity index (χ3n) is 6.72. The quantitative estimate of drug-likeness (QED) is 0.271. The average Bonchev–Trinajstić information content (AvgIpc) is 3.01. The zero-order valence-corrected chi connectivity index (χ0v) is 27.4. The fourth-order valence-corrected chi connectivity index (χ4v) is 6.03. The first-order valence-electron chi connectivity index (χ1n) is 13.7. The maximum absolute atomic E-state index is 14.3. The molecule has 0 fully saturated rings. The molecule has 44 heavy (non-hydrogen) atoms. The molecule has 3 aromatic rings. The van der Waals surface area contributed by atoms with Crippen molar-refractivity contribution in [1.82, 2.24) is 10.2 Å². The zero-order valence-electron chi connectivity index (χ0n) is 25.8. The number of ether oxygens (including phenoxy) is 4. The lowest BCUT2D eigenvalue weighted by molar-refractivity contribution is -0.139. The molecule has 238 valence electrons. The van der Waals surface area contributed by atoms with Crippen LogP contribution in [0, 0.1) is 0 Å². The number of sulfonamides is 1. The van der Waals surface area contributed by atoms with Gasteiger partial charge in [-0.15, -0.1) is 0 Å². The molecule has 13 heteroatoms. The molecule has 3 rings (SSSR count). The first kappa shape index (κ1) is 34.3. The van der Waals surface area contributed by atoms with Crippen molar-refractivity contribution in [1.29, 1.82) is 0 Å². The number of nitrogens with one attached hydrogen (secondary N) is 1. The predicted octanol–water partition coefficient (Wildman–Crippen LogP) is 4.51. The highest BCUT2D eigenvalue weighted by molar-refractivity contribution is 7.92. The molecule has 0 saturated heterocycles. The number of carbonyl (C=O) groups is 2. The zero-order chi connectivity index (χ0) is 32.6. The standard InChI is InChI=1S/C31H38ClN3O8S/c1-20(2)33-31(37)21(3)34(18-22-9-8-10-24(15-22)40-4)30(36)19-35(26-16-23(32)11-13-27(26)41-5)44(38,39)25-12-14-28(42-6)29(17-25)43-7/h8-17,20-21H,18-19H2,1-7H3,(H,33,37)/t21-/m1/s1. The van der Waals surface area contributed by atoms with Crippen LogP contribution in [-0.2, 0) is 26.2 Å². The molecule has 0 bridgehead atoms. The normalized spacial score (nSPS) is 11.8. The van der Waals surface area contributed by atoms with Crippen molar-refractivity contribution in [2.75, 3.05) is 39.3 Å². The van der Waals surface area contributed by atoms with Crippen LogP contribution in [0.4, 0.5) is 5.69 Å². The minimum atomic E-state index is -4.45. The van der Waals surface area contributed by atoms with Crippen LogP contribution in [-0.4, -0.2) is 72.2 Å². The summed E-state index contributed by atoms with van der Waals surface area (Å²) in [6.45, 7) is 4.52. The van der Waals surface area contributed by atoms with E-state index in [4.69, 9.17) is 30.5 Å². The number of halogens is 1. The van der Waals surface area contributed by atoms with Gasteiger partial charge in [-0.1, -0.05) is 23.7 Å². The van der Waals surface area contributed by atoms with Gasteiger partial charge in [0.1, 0.15) is 24.1 Å². The van der Waals surface area contributed by atoms with Crippen molar-refractivity contribution in [2.24, 2.45) is 0 Å². The lowest BCUT2D eigenvalue weighted by Gasteiger charge is -2.32. The van der Waals surface area contributed by atoms with Gasteiger partial charge in [-0.2, -0.15) is 0 Å². The molecule has 0 aliphatic rings. The number of hydrogen-bond donors (Lipinski definition) is 1. The molecule has 0 aromatic heterocycles. The molecule has 0 aliphatic carbocycles. The Balaban J connectivity index is 2.16. The molecule has 0 radical (unpaired) electrons. The van der Waals surface area contributed by atoms with Crippen molar-refractivity contribution < 1.29 is 37.0 Å². The summed E-state index contributed by atoms with van der Waals surface area (Å²) in [7, 11) is 1.27. The Morgan fingerprint density at radius 2 is 1.50 bits per heavy atom. The molecule has 0 saturated carbocycles. The smallest absolute Gasteiger partial charge is 0.265 e. The van der Waals surface area contributed by atoms with Gasteiger partial charge in [-0.25, -0.2) is 8.42 Å². The van der Waals surface area contributed by atoms with E-state index in [0.29, 0.717) is 17.1 Å². The van der Waals surface area contributed by atoms with Gasteiger partial charge in [-0.05, 0) is 68.8 Å². The molecule has 2 amide bonds. The first-order valence-corrected chi connectivity index (χ1v) is 15.5. The summed E-state index contributed by atoms with van der Waals surface area (Å²) >= 11 is 6.30. The van der Waals surface area contributed by atoms with E-state index in [1.54, 1.807) is 37.3 Å². The molecule has 3 aromatic carbocycles. The molecule has 0 heterocycles. The highest BCUT2D eigenvalue weighted by Gasteiger charge is 2.34. The lowest BCUT2D eigenvalue weighted by atomic mass is 10.1. The van der Waals surface area contributed by atoms with Crippen LogP contribution < -0.4 is 28.6 Å². The van der Waals surface area contributed by atoms with Crippen LogP contribution in [0.5, 0.6) is 23.0 Å². The summed E-state index contributed by atoms with van der Waals surface area (Å²) < 4.78 is 50.9. The van der Waals surface area contributed by atoms with Gasteiger partial charge in [0.25, 0.3) is 10.0 Å². The number of amides is 2. The Bertz CT molecular complexity index is 1580. The van der Waals surface area contributed by atoms with E-state index in [2.05, 4.69) is 5.32 Å². The van der Waals surface area contributed by atoms with E-state index < -0.39 is 34.4 Å². The van der Waals surface area contributed by atoms with Crippen LogP contribution in [0.1, 0.15) is 26.3 Å². The number of methoxy groups -OCH3 is 4. The second-order valence-electron chi connectivity index (χ2n) is 10.1. The summed E-state index contributed by atoms with van der Waals surface area (Å²) in [5.41, 5.74) is 0.709. The van der Waals surface area contributed by atoms with Gasteiger partial charge in [0.05, 0.1) is 39.0 Å². The lowest BCUT2D eigenvalue weighted by Crippen LogP contribution is -2.52. The van der Waals surface area contributed by atoms with Gasteiger partial charge >= 0.3 is 0 Å². The Labute approximate surface area is 263 Å². The number of hydrogen-bond acceptors (Lipinski definition) is 8. The second kappa shape index (κ2) is 15.0. The number of nitrogens with zero attached hydrogens (tertiary/aromatic N) is 2. The van der Waals surface area contributed by atoms with Gasteiger partial charge in [0.2, 0.25) is 11.8 Å². The van der Waals surface area contributed by atoms with E-state index in [0.717, 1.165) is 4.31 Å². The monoisotopic (exact) mass is 647 g/mol. The van der Waals surface area contributed by atoms with Crippen LogP contribution in [0.25, 0.3) is 0 Å². The fraction of sp³-hybridized carbons (Fsp3) is 0.355. The van der Waals surface area contributed by atoms with E-state index in [1.807, 2.05) is 13.8 Å². The molecule has 1 N–H and O–H groups in total. The predicted molar refractivity (Wildman–Crippen MR) is 168 cm³/mol. The molecule has 0 unspecified atom stereocenters. The molecule has 1 atom stereocenters. The van der Waals surface area contributed by atoms with Crippen molar-refractivity contribution >= 4 is 39.1 Å². The maximum atomic E-state index is 14.3. The highest BCUT2D eigenvalue weighted by atomic mass is 35.5. The van der Waals surface area contributed by atoms with E-state index >= 15 is 0 Å². The minimum Gasteiger partial charge on any atom is -0.497 e. The average molecular weight is 648 g/mol. The maximum Gasteiger partial charge on any atom is 0.265 e. The summed E-state index contributed by atoms with van der Waals surface area (Å²) in [4.78, 5) is 28.5. The van der Waals surface area contributed by atoms with Gasteiger partial charge < -0.3 is 29.2 Å². The topological polar surface area (TPSA) is 124 Å². The third-order valence-corrected chi connectivity index (χ3v) is 8.71. The second-order valence-corrected chi connectivity index (χ2v) is 12.4.